The van der Waals surface area contributed by atoms with Gasteiger partial charge in [0.05, 0.1) is 12.6 Å². The molecule has 88 valence electrons. The summed E-state index contributed by atoms with van der Waals surface area (Å²) in [5.74, 6) is 1.66. The molecule has 2 fully saturated rings. The van der Waals surface area contributed by atoms with Crippen molar-refractivity contribution in [2.75, 3.05) is 19.7 Å². The second-order valence-corrected chi connectivity index (χ2v) is 4.67. The molecule has 2 aliphatic heterocycles. The number of nitrogens with one attached hydrogen (secondary N) is 1. The topological polar surface area (TPSA) is 52.0 Å². The first-order chi connectivity index (χ1) is 7.93. The van der Waals surface area contributed by atoms with E-state index in [-0.39, 0.29) is 0 Å². The van der Waals surface area contributed by atoms with E-state index < -0.39 is 0 Å². The predicted molar refractivity (Wildman–Crippen MR) is 59.2 cm³/mol. The molecule has 3 rings (SSSR count). The molecule has 1 N–H and O–H groups in total. The standard InChI is InChI=1S/C11H18N4O/c1-2-10(16-5-1)7-15-8-13-14-11(15)9-3-4-12-6-9/h8-10,12H,1-7H2. The van der Waals surface area contributed by atoms with Gasteiger partial charge in [0.2, 0.25) is 0 Å². The van der Waals surface area contributed by atoms with Crippen LogP contribution in [0.4, 0.5) is 0 Å². The second-order valence-electron chi connectivity index (χ2n) is 4.67. The minimum Gasteiger partial charge on any atom is -0.376 e. The number of hydrogen-bond acceptors (Lipinski definition) is 4. The molecule has 2 atom stereocenters. The molecule has 0 aromatic carbocycles. The van der Waals surface area contributed by atoms with Gasteiger partial charge in [0.1, 0.15) is 12.2 Å². The van der Waals surface area contributed by atoms with E-state index in [9.17, 15) is 0 Å². The molecule has 0 spiro atoms. The van der Waals surface area contributed by atoms with Gasteiger partial charge in [-0.2, -0.15) is 0 Å². The molecule has 2 aliphatic rings. The van der Waals surface area contributed by atoms with E-state index in [1.54, 1.807) is 0 Å². The van der Waals surface area contributed by atoms with Crippen molar-refractivity contribution in [1.29, 1.82) is 0 Å². The predicted octanol–water partition coefficient (Wildman–Crippen LogP) is 0.534. The van der Waals surface area contributed by atoms with Crippen LogP contribution in [0.5, 0.6) is 0 Å². The molecule has 0 amide bonds. The molecule has 16 heavy (non-hydrogen) atoms. The third kappa shape index (κ3) is 1.97. The Hall–Kier alpha value is -0.940. The van der Waals surface area contributed by atoms with Crippen LogP contribution in [0.2, 0.25) is 0 Å². The van der Waals surface area contributed by atoms with Crippen LogP contribution in [0, 0.1) is 0 Å². The van der Waals surface area contributed by atoms with Crippen molar-refractivity contribution in [3.05, 3.63) is 12.2 Å². The van der Waals surface area contributed by atoms with Gasteiger partial charge in [0.25, 0.3) is 0 Å². The van der Waals surface area contributed by atoms with Crippen LogP contribution < -0.4 is 5.32 Å². The van der Waals surface area contributed by atoms with E-state index >= 15 is 0 Å². The fraction of sp³-hybridized carbons (Fsp3) is 0.818. The van der Waals surface area contributed by atoms with Gasteiger partial charge >= 0.3 is 0 Å². The highest BCUT2D eigenvalue weighted by atomic mass is 16.5. The zero-order chi connectivity index (χ0) is 10.8. The first-order valence-corrected chi connectivity index (χ1v) is 6.13. The van der Waals surface area contributed by atoms with Gasteiger partial charge in [-0.05, 0) is 25.8 Å². The Balaban J connectivity index is 1.71. The Morgan fingerprint density at radius 2 is 2.50 bits per heavy atom. The second kappa shape index (κ2) is 4.51. The van der Waals surface area contributed by atoms with Crippen molar-refractivity contribution >= 4 is 0 Å². The summed E-state index contributed by atoms with van der Waals surface area (Å²) in [6.45, 7) is 3.95. The van der Waals surface area contributed by atoms with Crippen LogP contribution in [0.25, 0.3) is 0 Å². The number of ether oxygens (including phenoxy) is 1. The van der Waals surface area contributed by atoms with Crippen molar-refractivity contribution in [3.63, 3.8) is 0 Å². The highest BCUT2D eigenvalue weighted by molar-refractivity contribution is 5.01. The first kappa shape index (κ1) is 10.2. The molecule has 1 aromatic rings. The summed E-state index contributed by atoms with van der Waals surface area (Å²) in [6.07, 6.45) is 5.73. The first-order valence-electron chi connectivity index (χ1n) is 6.13. The van der Waals surface area contributed by atoms with Crippen LogP contribution in [0.15, 0.2) is 6.33 Å². The summed E-state index contributed by atoms with van der Waals surface area (Å²) in [6, 6.07) is 0. The third-order valence-electron chi connectivity index (χ3n) is 3.50. The van der Waals surface area contributed by atoms with Gasteiger partial charge in [0.15, 0.2) is 0 Å². The van der Waals surface area contributed by atoms with E-state index in [1.807, 2.05) is 6.33 Å². The molecule has 5 nitrogen and oxygen atoms in total. The summed E-state index contributed by atoms with van der Waals surface area (Å²) in [7, 11) is 0. The van der Waals surface area contributed by atoms with Crippen LogP contribution >= 0.6 is 0 Å². The van der Waals surface area contributed by atoms with Crippen molar-refractivity contribution in [2.45, 2.75) is 37.8 Å². The Morgan fingerprint density at radius 1 is 1.50 bits per heavy atom. The molecule has 0 aliphatic carbocycles. The van der Waals surface area contributed by atoms with E-state index in [1.165, 1.54) is 19.3 Å². The zero-order valence-electron chi connectivity index (χ0n) is 9.43. The van der Waals surface area contributed by atoms with Crippen LogP contribution in [-0.4, -0.2) is 40.6 Å². The third-order valence-corrected chi connectivity index (χ3v) is 3.50. The van der Waals surface area contributed by atoms with Crippen LogP contribution in [0.1, 0.15) is 31.0 Å². The summed E-state index contributed by atoms with van der Waals surface area (Å²) in [5, 5.41) is 11.7. The number of nitrogens with zero attached hydrogens (tertiary/aromatic N) is 3. The lowest BCUT2D eigenvalue weighted by atomic mass is 10.1. The number of hydrogen-bond donors (Lipinski definition) is 1. The molecule has 0 radical (unpaired) electrons. The van der Waals surface area contributed by atoms with Gasteiger partial charge in [-0.3, -0.25) is 0 Å². The van der Waals surface area contributed by atoms with Gasteiger partial charge in [-0.1, -0.05) is 0 Å². The van der Waals surface area contributed by atoms with Crippen molar-refractivity contribution in [3.8, 4) is 0 Å². The minimum absolute atomic E-state index is 0.365. The molecule has 2 saturated heterocycles. The van der Waals surface area contributed by atoms with Crippen molar-refractivity contribution < 1.29 is 4.74 Å². The Kier molecular flexibility index (Phi) is 2.88. The average Bonchev–Trinajstić information content (AvgIpc) is 2.98. The highest BCUT2D eigenvalue weighted by Crippen LogP contribution is 2.22. The van der Waals surface area contributed by atoms with Crippen molar-refractivity contribution in [2.24, 2.45) is 0 Å². The number of aromatic nitrogens is 3. The SMILES string of the molecule is c1nnc(C2CCNC2)n1CC1CCCO1. The molecule has 1 aromatic heterocycles. The monoisotopic (exact) mass is 222 g/mol. The summed E-state index contributed by atoms with van der Waals surface area (Å²) < 4.78 is 7.83. The summed E-state index contributed by atoms with van der Waals surface area (Å²) in [4.78, 5) is 0. The molecule has 3 heterocycles. The summed E-state index contributed by atoms with van der Waals surface area (Å²) >= 11 is 0. The van der Waals surface area contributed by atoms with E-state index in [2.05, 4.69) is 20.1 Å². The molecule has 0 saturated carbocycles. The fourth-order valence-corrected chi connectivity index (χ4v) is 2.60. The maximum atomic E-state index is 5.65. The van der Waals surface area contributed by atoms with Gasteiger partial charge in [0, 0.05) is 19.1 Å². The Bertz CT molecular complexity index is 340. The lowest BCUT2D eigenvalue weighted by molar-refractivity contribution is 0.0960. The van der Waals surface area contributed by atoms with Gasteiger partial charge in [-0.25, -0.2) is 0 Å². The fourth-order valence-electron chi connectivity index (χ4n) is 2.60. The maximum absolute atomic E-state index is 5.65. The van der Waals surface area contributed by atoms with E-state index in [0.29, 0.717) is 12.0 Å². The summed E-state index contributed by atoms with van der Waals surface area (Å²) in [5.41, 5.74) is 0. The van der Waals surface area contributed by atoms with Gasteiger partial charge in [-0.15, -0.1) is 10.2 Å². The quantitative estimate of drug-likeness (QED) is 0.810. The molecular formula is C11H18N4O. The zero-order valence-corrected chi connectivity index (χ0v) is 9.43. The van der Waals surface area contributed by atoms with Gasteiger partial charge < -0.3 is 14.6 Å². The molecule has 5 heteroatoms. The minimum atomic E-state index is 0.365. The highest BCUT2D eigenvalue weighted by Gasteiger charge is 2.24. The molecule has 2 unspecified atom stereocenters. The van der Waals surface area contributed by atoms with E-state index in [0.717, 1.165) is 32.1 Å². The van der Waals surface area contributed by atoms with Crippen LogP contribution in [0.3, 0.4) is 0 Å². The Morgan fingerprint density at radius 3 is 3.25 bits per heavy atom. The number of rotatable bonds is 3. The lowest BCUT2D eigenvalue weighted by Crippen LogP contribution is -2.19. The Labute approximate surface area is 95.2 Å². The molecular weight excluding hydrogens is 204 g/mol. The van der Waals surface area contributed by atoms with Crippen LogP contribution in [-0.2, 0) is 11.3 Å². The average molecular weight is 222 g/mol. The van der Waals surface area contributed by atoms with E-state index in [4.69, 9.17) is 4.74 Å². The normalized spacial score (nSPS) is 30.0. The largest absolute Gasteiger partial charge is 0.376 e. The smallest absolute Gasteiger partial charge is 0.137 e. The molecule has 0 bridgehead atoms. The van der Waals surface area contributed by atoms with Crippen molar-refractivity contribution in [1.82, 2.24) is 20.1 Å². The maximum Gasteiger partial charge on any atom is 0.137 e. The lowest BCUT2D eigenvalue weighted by Gasteiger charge is -2.14.